The molecule has 0 unspecified atom stereocenters. The Bertz CT molecular complexity index is 429. The zero-order chi connectivity index (χ0) is 8.72. The smallest absolute Gasteiger partial charge is 0.234 e. The molecule has 0 radical (unpaired) electrons. The summed E-state index contributed by atoms with van der Waals surface area (Å²) in [5.74, 6) is 0.796. The monoisotopic (exact) mass is 161 g/mol. The van der Waals surface area contributed by atoms with Gasteiger partial charge in [0.2, 0.25) is 5.78 Å². The molecule has 2 heterocycles. The molecule has 0 N–H and O–H groups in total. The molecule has 62 valence electrons. The third-order valence-electron chi connectivity index (χ3n) is 2.11. The number of hydrogen-bond acceptors (Lipinski definition) is 2. The molecular weight excluding hydrogens is 150 g/mol. The molecule has 0 spiro atoms. The van der Waals surface area contributed by atoms with Crippen molar-refractivity contribution in [3.63, 3.8) is 0 Å². The van der Waals surface area contributed by atoms with E-state index in [1.165, 1.54) is 0 Å². The summed E-state index contributed by atoms with van der Waals surface area (Å²) in [4.78, 5) is 8.63. The zero-order valence-electron chi connectivity index (χ0n) is 7.50. The molecule has 2 aromatic heterocycles. The van der Waals surface area contributed by atoms with E-state index in [9.17, 15) is 0 Å². The molecule has 0 amide bonds. The maximum Gasteiger partial charge on any atom is 0.234 e. The Morgan fingerprint density at radius 3 is 2.67 bits per heavy atom. The summed E-state index contributed by atoms with van der Waals surface area (Å²) in [6, 6.07) is 1.99. The number of hydrogen-bond donors (Lipinski definition) is 0. The average Bonchev–Trinajstić information content (AvgIpc) is 2.28. The van der Waals surface area contributed by atoms with Crippen molar-refractivity contribution in [3.05, 3.63) is 29.3 Å². The summed E-state index contributed by atoms with van der Waals surface area (Å²) in [6.45, 7) is 6.02. The van der Waals surface area contributed by atoms with Crippen LogP contribution in [0.15, 0.2) is 12.3 Å². The van der Waals surface area contributed by atoms with Crippen LogP contribution in [-0.4, -0.2) is 14.4 Å². The van der Waals surface area contributed by atoms with Crippen LogP contribution in [0.5, 0.6) is 0 Å². The minimum absolute atomic E-state index is 0.796. The topological polar surface area (TPSA) is 30.2 Å². The number of rotatable bonds is 0. The largest absolute Gasteiger partial charge is 0.288 e. The van der Waals surface area contributed by atoms with Gasteiger partial charge in [-0.25, -0.2) is 9.97 Å². The number of fused-ring (bicyclic) bond motifs is 1. The van der Waals surface area contributed by atoms with E-state index in [2.05, 4.69) is 9.97 Å². The van der Waals surface area contributed by atoms with E-state index < -0.39 is 0 Å². The van der Waals surface area contributed by atoms with Crippen molar-refractivity contribution in [2.24, 2.45) is 0 Å². The summed E-state index contributed by atoms with van der Waals surface area (Å²) in [5, 5.41) is 0. The van der Waals surface area contributed by atoms with E-state index in [1.807, 2.05) is 37.4 Å². The van der Waals surface area contributed by atoms with Crippen LogP contribution in [0.4, 0.5) is 0 Å². The van der Waals surface area contributed by atoms with Crippen molar-refractivity contribution in [3.8, 4) is 0 Å². The van der Waals surface area contributed by atoms with Crippen LogP contribution in [0.3, 0.4) is 0 Å². The van der Waals surface area contributed by atoms with Crippen LogP contribution >= 0.6 is 0 Å². The quantitative estimate of drug-likeness (QED) is 0.588. The standard InChI is InChI=1S/C9H11N3/c1-6-4-5-12-8(3)7(2)11-9(12)10-6/h4-5H,1-3H3. The fraction of sp³-hybridized carbons (Fsp3) is 0.333. The van der Waals surface area contributed by atoms with Gasteiger partial charge in [0, 0.05) is 17.6 Å². The first-order chi connectivity index (χ1) is 5.68. The molecule has 2 rings (SSSR count). The molecule has 3 heteroatoms. The second kappa shape index (κ2) is 2.30. The normalized spacial score (nSPS) is 10.9. The van der Waals surface area contributed by atoms with Crippen LogP contribution in [0.25, 0.3) is 5.78 Å². The van der Waals surface area contributed by atoms with Gasteiger partial charge < -0.3 is 0 Å². The van der Waals surface area contributed by atoms with Crippen molar-refractivity contribution in [2.45, 2.75) is 20.8 Å². The van der Waals surface area contributed by atoms with Crippen LogP contribution in [-0.2, 0) is 0 Å². The minimum atomic E-state index is 0.796. The minimum Gasteiger partial charge on any atom is -0.288 e. The van der Waals surface area contributed by atoms with E-state index in [0.717, 1.165) is 22.9 Å². The van der Waals surface area contributed by atoms with Crippen molar-refractivity contribution >= 4 is 5.78 Å². The highest BCUT2D eigenvalue weighted by Crippen LogP contribution is 2.08. The second-order valence-corrected chi connectivity index (χ2v) is 3.02. The summed E-state index contributed by atoms with van der Waals surface area (Å²) < 4.78 is 2.00. The lowest BCUT2D eigenvalue weighted by Gasteiger charge is -1.95. The Kier molecular flexibility index (Phi) is 1.40. The lowest BCUT2D eigenvalue weighted by atomic mass is 10.4. The van der Waals surface area contributed by atoms with Gasteiger partial charge in [0.25, 0.3) is 0 Å². The van der Waals surface area contributed by atoms with Gasteiger partial charge in [0.15, 0.2) is 0 Å². The van der Waals surface area contributed by atoms with Gasteiger partial charge in [-0.05, 0) is 26.8 Å². The van der Waals surface area contributed by atoms with E-state index in [4.69, 9.17) is 0 Å². The Hall–Kier alpha value is -1.38. The van der Waals surface area contributed by atoms with Gasteiger partial charge in [-0.3, -0.25) is 4.40 Å². The lowest BCUT2D eigenvalue weighted by molar-refractivity contribution is 1.03. The van der Waals surface area contributed by atoms with Crippen LogP contribution in [0, 0.1) is 20.8 Å². The first-order valence-corrected chi connectivity index (χ1v) is 3.97. The molecule has 0 bridgehead atoms. The number of imidazole rings is 1. The van der Waals surface area contributed by atoms with Crippen LogP contribution in [0.2, 0.25) is 0 Å². The van der Waals surface area contributed by atoms with Crippen LogP contribution in [0.1, 0.15) is 17.1 Å². The van der Waals surface area contributed by atoms with E-state index >= 15 is 0 Å². The summed E-state index contributed by atoms with van der Waals surface area (Å²) >= 11 is 0. The molecule has 0 aromatic carbocycles. The Balaban J connectivity index is 2.87. The molecule has 0 aliphatic carbocycles. The molecule has 0 aliphatic rings. The van der Waals surface area contributed by atoms with Gasteiger partial charge >= 0.3 is 0 Å². The highest BCUT2D eigenvalue weighted by atomic mass is 15.1. The van der Waals surface area contributed by atoms with Crippen LogP contribution < -0.4 is 0 Å². The molecular formula is C9H11N3. The average molecular weight is 161 g/mol. The van der Waals surface area contributed by atoms with Gasteiger partial charge in [-0.15, -0.1) is 0 Å². The predicted octanol–water partition coefficient (Wildman–Crippen LogP) is 1.65. The highest BCUT2D eigenvalue weighted by molar-refractivity contribution is 5.35. The first-order valence-electron chi connectivity index (χ1n) is 3.97. The van der Waals surface area contributed by atoms with Gasteiger partial charge in [0.05, 0.1) is 5.69 Å². The summed E-state index contributed by atoms with van der Waals surface area (Å²) in [7, 11) is 0. The number of aryl methyl sites for hydroxylation is 3. The van der Waals surface area contributed by atoms with Crippen molar-refractivity contribution in [1.82, 2.24) is 14.4 Å². The van der Waals surface area contributed by atoms with Gasteiger partial charge in [-0.2, -0.15) is 0 Å². The molecule has 0 atom stereocenters. The van der Waals surface area contributed by atoms with Gasteiger partial charge in [0.1, 0.15) is 0 Å². The SMILES string of the molecule is Cc1ccn2c(C)c(C)nc2n1. The lowest BCUT2D eigenvalue weighted by Crippen LogP contribution is -1.91. The van der Waals surface area contributed by atoms with E-state index in [1.54, 1.807) is 0 Å². The third kappa shape index (κ3) is 0.897. The van der Waals surface area contributed by atoms with E-state index in [0.29, 0.717) is 0 Å². The van der Waals surface area contributed by atoms with Crippen molar-refractivity contribution < 1.29 is 0 Å². The second-order valence-electron chi connectivity index (χ2n) is 3.02. The maximum absolute atomic E-state index is 4.33. The zero-order valence-corrected chi connectivity index (χ0v) is 7.50. The molecule has 0 saturated carbocycles. The summed E-state index contributed by atoms with van der Waals surface area (Å²) in [6.07, 6.45) is 2.01. The number of nitrogens with zero attached hydrogens (tertiary/aromatic N) is 3. The Labute approximate surface area is 71.1 Å². The fourth-order valence-electron chi connectivity index (χ4n) is 1.24. The Morgan fingerprint density at radius 1 is 1.17 bits per heavy atom. The molecule has 12 heavy (non-hydrogen) atoms. The maximum atomic E-state index is 4.33. The molecule has 3 nitrogen and oxygen atoms in total. The molecule has 0 fully saturated rings. The van der Waals surface area contributed by atoms with E-state index in [-0.39, 0.29) is 0 Å². The first kappa shape index (κ1) is 7.28. The van der Waals surface area contributed by atoms with Crippen molar-refractivity contribution in [1.29, 1.82) is 0 Å². The number of aromatic nitrogens is 3. The molecule has 0 aliphatic heterocycles. The predicted molar refractivity (Wildman–Crippen MR) is 47.2 cm³/mol. The summed E-state index contributed by atoms with van der Waals surface area (Å²) in [5.41, 5.74) is 3.22. The fourth-order valence-corrected chi connectivity index (χ4v) is 1.24. The van der Waals surface area contributed by atoms with Crippen molar-refractivity contribution in [2.75, 3.05) is 0 Å². The highest BCUT2D eigenvalue weighted by Gasteiger charge is 2.03. The molecule has 2 aromatic rings. The molecule has 0 saturated heterocycles. The third-order valence-corrected chi connectivity index (χ3v) is 2.11. The van der Waals surface area contributed by atoms with Gasteiger partial charge in [-0.1, -0.05) is 0 Å². The Morgan fingerprint density at radius 2 is 1.92 bits per heavy atom.